The van der Waals surface area contributed by atoms with Gasteiger partial charge in [-0.3, -0.25) is 24.1 Å². The zero-order valence-electron chi connectivity index (χ0n) is 18.4. The van der Waals surface area contributed by atoms with E-state index in [0.717, 1.165) is 11.4 Å². The Labute approximate surface area is 190 Å². The van der Waals surface area contributed by atoms with Gasteiger partial charge in [0.05, 0.1) is 29.2 Å². The number of carboxylic acid groups (broad SMARTS) is 1. The molecule has 1 unspecified atom stereocenters. The highest BCUT2D eigenvalue weighted by atomic mass is 19.1. The summed E-state index contributed by atoms with van der Waals surface area (Å²) in [5.74, 6) is -4.51. The maximum atomic E-state index is 13.5. The first-order chi connectivity index (χ1) is 15.7. The Bertz CT molecular complexity index is 1030. The number of anilines is 4. The molecule has 8 nitrogen and oxygen atoms in total. The topological polar surface area (TPSA) is 116 Å². The Morgan fingerprint density at radius 2 is 1.52 bits per heavy atom. The first kappa shape index (κ1) is 23.9. The zero-order chi connectivity index (χ0) is 24.1. The lowest BCUT2D eigenvalue weighted by Gasteiger charge is -2.33. The van der Waals surface area contributed by atoms with E-state index in [0.29, 0.717) is 11.4 Å². The van der Waals surface area contributed by atoms with Crippen LogP contribution < -0.4 is 15.5 Å². The van der Waals surface area contributed by atoms with Crippen LogP contribution in [0.5, 0.6) is 0 Å². The minimum absolute atomic E-state index is 0.185. The first-order valence-corrected chi connectivity index (χ1v) is 10.6. The van der Waals surface area contributed by atoms with E-state index in [-0.39, 0.29) is 18.2 Å². The van der Waals surface area contributed by atoms with Gasteiger partial charge in [0.25, 0.3) is 0 Å². The van der Waals surface area contributed by atoms with Gasteiger partial charge in [0.15, 0.2) is 5.78 Å². The molecule has 0 fully saturated rings. The van der Waals surface area contributed by atoms with Gasteiger partial charge in [0.1, 0.15) is 12.7 Å². The molecule has 9 heteroatoms. The quantitative estimate of drug-likeness (QED) is 0.532. The van der Waals surface area contributed by atoms with Crippen LogP contribution in [0.3, 0.4) is 0 Å². The Balaban J connectivity index is 1.86. The number of carboxylic acids is 1. The first-order valence-electron chi connectivity index (χ1n) is 10.6. The van der Waals surface area contributed by atoms with E-state index in [1.807, 2.05) is 24.3 Å². The number of fused-ring (bicyclic) bond motifs is 2. The number of hydrogen-bond donors (Lipinski definition) is 3. The third-order valence-electron chi connectivity index (χ3n) is 5.56. The highest BCUT2D eigenvalue weighted by molar-refractivity contribution is 6.10. The van der Waals surface area contributed by atoms with Crippen molar-refractivity contribution in [3.05, 3.63) is 48.5 Å². The molecule has 0 saturated heterocycles. The lowest BCUT2D eigenvalue weighted by molar-refractivity contribution is -0.141. The summed E-state index contributed by atoms with van der Waals surface area (Å²) < 4.78 is 12.9. The number of rotatable bonds is 9. The summed E-state index contributed by atoms with van der Waals surface area (Å²) in [6.07, 6.45) is -0.915. The molecular formula is C24H26FN3O5. The second-order valence-corrected chi connectivity index (χ2v) is 8.20. The SMILES string of the molecule is CC(C)[C@H](CC(=O)N1c2ccccc2Nc2ccccc21)C(=O)NC(CC(=O)O)C(=O)CF. The number of para-hydroxylation sites is 4. The monoisotopic (exact) mass is 455 g/mol. The fourth-order valence-electron chi connectivity index (χ4n) is 3.79. The molecular weight excluding hydrogens is 429 g/mol. The van der Waals surface area contributed by atoms with Crippen LogP contribution in [0, 0.1) is 11.8 Å². The molecule has 0 spiro atoms. The predicted octanol–water partition coefficient (Wildman–Crippen LogP) is 3.57. The molecule has 0 radical (unpaired) electrons. The van der Waals surface area contributed by atoms with Gasteiger partial charge in [-0.15, -0.1) is 0 Å². The molecule has 1 heterocycles. The van der Waals surface area contributed by atoms with Crippen LogP contribution >= 0.6 is 0 Å². The summed E-state index contributed by atoms with van der Waals surface area (Å²) in [4.78, 5) is 50.8. The Hall–Kier alpha value is -3.75. The second-order valence-electron chi connectivity index (χ2n) is 8.20. The molecule has 1 aliphatic rings. The molecule has 0 bridgehead atoms. The van der Waals surface area contributed by atoms with Crippen molar-refractivity contribution in [1.82, 2.24) is 5.32 Å². The average Bonchev–Trinajstić information content (AvgIpc) is 2.79. The van der Waals surface area contributed by atoms with Crippen LogP contribution in [-0.2, 0) is 19.2 Å². The number of hydrogen-bond acceptors (Lipinski definition) is 5. The van der Waals surface area contributed by atoms with Crippen LogP contribution in [-0.4, -0.2) is 41.4 Å². The van der Waals surface area contributed by atoms with E-state index in [2.05, 4.69) is 10.6 Å². The van der Waals surface area contributed by atoms with Gasteiger partial charge in [0.2, 0.25) is 11.8 Å². The molecule has 2 aromatic rings. The fraction of sp³-hybridized carbons (Fsp3) is 0.333. The lowest BCUT2D eigenvalue weighted by atomic mass is 9.90. The van der Waals surface area contributed by atoms with Crippen molar-refractivity contribution in [3.8, 4) is 0 Å². The van der Waals surface area contributed by atoms with E-state index < -0.39 is 42.7 Å². The summed E-state index contributed by atoms with van der Waals surface area (Å²) in [6, 6.07) is 13.1. The number of alkyl halides is 1. The number of halogens is 1. The Morgan fingerprint density at radius 1 is 0.970 bits per heavy atom. The van der Waals surface area contributed by atoms with Gasteiger partial charge in [-0.1, -0.05) is 38.1 Å². The predicted molar refractivity (Wildman–Crippen MR) is 121 cm³/mol. The molecule has 3 N–H and O–H groups in total. The summed E-state index contributed by atoms with van der Waals surface area (Å²) in [5, 5.41) is 14.6. The van der Waals surface area contributed by atoms with Gasteiger partial charge in [0, 0.05) is 12.3 Å². The smallest absolute Gasteiger partial charge is 0.305 e. The third kappa shape index (κ3) is 5.36. The molecule has 0 saturated carbocycles. The van der Waals surface area contributed by atoms with Crippen LogP contribution in [0.1, 0.15) is 26.7 Å². The summed E-state index contributed by atoms with van der Waals surface area (Å²) >= 11 is 0. The molecule has 2 aromatic carbocycles. The number of carbonyl (C=O) groups is 4. The van der Waals surface area contributed by atoms with Gasteiger partial charge in [-0.25, -0.2) is 4.39 Å². The molecule has 2 atom stereocenters. The van der Waals surface area contributed by atoms with E-state index in [1.54, 1.807) is 43.0 Å². The number of benzene rings is 2. The van der Waals surface area contributed by atoms with Gasteiger partial charge >= 0.3 is 5.97 Å². The number of carbonyl (C=O) groups excluding carboxylic acids is 3. The number of amides is 2. The highest BCUT2D eigenvalue weighted by Gasteiger charge is 2.34. The molecule has 0 aromatic heterocycles. The molecule has 2 amide bonds. The molecule has 174 valence electrons. The van der Waals surface area contributed by atoms with Gasteiger partial charge in [-0.2, -0.15) is 0 Å². The fourth-order valence-corrected chi connectivity index (χ4v) is 3.79. The normalized spacial score (nSPS) is 13.9. The van der Waals surface area contributed by atoms with Crippen molar-refractivity contribution in [2.45, 2.75) is 32.7 Å². The maximum Gasteiger partial charge on any atom is 0.305 e. The number of nitrogens with zero attached hydrogens (tertiary/aromatic N) is 1. The molecule has 0 aliphatic carbocycles. The summed E-state index contributed by atoms with van der Waals surface area (Å²) in [7, 11) is 0. The number of Topliss-reactive ketones (excluding diaryl/α,β-unsaturated/α-hetero) is 1. The standard InChI is InChI=1S/C24H26FN3O5/c1-14(2)15(24(33)27-18(12-23(31)32)21(29)13-25)11-22(30)28-19-9-5-3-7-16(19)26-17-8-4-6-10-20(17)28/h3-10,14-15,18,26H,11-13H2,1-2H3,(H,27,33)(H,31,32)/t15-,18?/m0/s1. The maximum absolute atomic E-state index is 13.5. The molecule has 3 rings (SSSR count). The largest absolute Gasteiger partial charge is 0.481 e. The number of nitrogens with one attached hydrogen (secondary N) is 2. The van der Waals surface area contributed by atoms with Crippen molar-refractivity contribution in [1.29, 1.82) is 0 Å². The van der Waals surface area contributed by atoms with Crippen LogP contribution in [0.25, 0.3) is 0 Å². The average molecular weight is 455 g/mol. The van der Waals surface area contributed by atoms with Gasteiger partial charge in [-0.05, 0) is 30.2 Å². The second kappa shape index (κ2) is 10.2. The van der Waals surface area contributed by atoms with E-state index in [1.165, 1.54) is 0 Å². The van der Waals surface area contributed by atoms with Crippen LogP contribution in [0.4, 0.5) is 27.1 Å². The zero-order valence-corrected chi connectivity index (χ0v) is 18.4. The van der Waals surface area contributed by atoms with Crippen molar-refractivity contribution < 1.29 is 28.7 Å². The number of aliphatic carboxylic acids is 1. The van der Waals surface area contributed by atoms with Gasteiger partial charge < -0.3 is 15.7 Å². The van der Waals surface area contributed by atoms with Crippen molar-refractivity contribution in [2.24, 2.45) is 11.8 Å². The third-order valence-corrected chi connectivity index (χ3v) is 5.56. The Kier molecular flexibility index (Phi) is 7.42. The minimum Gasteiger partial charge on any atom is -0.481 e. The van der Waals surface area contributed by atoms with E-state index in [9.17, 15) is 23.6 Å². The minimum atomic E-state index is -1.49. The highest BCUT2D eigenvalue weighted by Crippen LogP contribution is 2.43. The van der Waals surface area contributed by atoms with Crippen molar-refractivity contribution in [3.63, 3.8) is 0 Å². The van der Waals surface area contributed by atoms with Crippen molar-refractivity contribution >= 4 is 46.3 Å². The van der Waals surface area contributed by atoms with E-state index in [4.69, 9.17) is 5.11 Å². The summed E-state index contributed by atoms with van der Waals surface area (Å²) in [6.45, 7) is 2.11. The lowest BCUT2D eigenvalue weighted by Crippen LogP contribution is -2.47. The Morgan fingerprint density at radius 3 is 2.00 bits per heavy atom. The number of ketones is 1. The van der Waals surface area contributed by atoms with E-state index >= 15 is 0 Å². The van der Waals surface area contributed by atoms with Crippen LogP contribution in [0.2, 0.25) is 0 Å². The van der Waals surface area contributed by atoms with Crippen LogP contribution in [0.15, 0.2) is 48.5 Å². The molecule has 33 heavy (non-hydrogen) atoms. The van der Waals surface area contributed by atoms with Crippen molar-refractivity contribution in [2.75, 3.05) is 16.9 Å². The summed E-state index contributed by atoms with van der Waals surface area (Å²) in [5.41, 5.74) is 2.76. The molecule has 1 aliphatic heterocycles.